The molecule has 0 aliphatic heterocycles. The van der Waals surface area contributed by atoms with Crippen LogP contribution in [0, 0.1) is 0 Å². The highest BCUT2D eigenvalue weighted by atomic mass is 14.9. The van der Waals surface area contributed by atoms with Crippen LogP contribution in [0.15, 0.2) is 85.2 Å². The van der Waals surface area contributed by atoms with Crippen molar-refractivity contribution in [3.63, 3.8) is 0 Å². The van der Waals surface area contributed by atoms with E-state index in [2.05, 4.69) is 90.6 Å². The summed E-state index contributed by atoms with van der Waals surface area (Å²) in [7, 11) is 0. The average molecular weight is 392 g/mol. The Morgan fingerprint density at radius 1 is 0.300 bits per heavy atom. The molecular weight excluding hydrogens is 372 g/mol. The topological polar surface area (TPSA) is 94.7 Å². The summed E-state index contributed by atoms with van der Waals surface area (Å²) >= 11 is 0. The van der Waals surface area contributed by atoms with Crippen molar-refractivity contribution >= 4 is 0 Å². The second-order valence-electron chi connectivity index (χ2n) is 7.31. The quantitative estimate of drug-likeness (QED) is 0.208. The van der Waals surface area contributed by atoms with E-state index in [0.29, 0.717) is 0 Å². The van der Waals surface area contributed by atoms with Crippen molar-refractivity contribution in [1.29, 1.82) is 0 Å². The molecule has 0 aliphatic carbocycles. The largest absolute Gasteiger partial charge is 0.360 e. The van der Waals surface area contributed by atoms with Gasteiger partial charge in [-0.2, -0.15) is 0 Å². The summed E-state index contributed by atoms with van der Waals surface area (Å²) in [5.41, 5.74) is 10.6. The van der Waals surface area contributed by atoms with Gasteiger partial charge in [0.25, 0.3) is 0 Å². The molecule has 0 saturated heterocycles. The molecule has 0 unspecified atom stereocenters. The van der Waals surface area contributed by atoms with Crippen LogP contribution in [-0.4, -0.2) is 29.9 Å². The third-order valence-electron chi connectivity index (χ3n) is 5.39. The molecule has 6 heterocycles. The van der Waals surface area contributed by atoms with Crippen LogP contribution in [-0.2, 0) is 0 Å². The molecule has 6 heteroatoms. The lowest BCUT2D eigenvalue weighted by molar-refractivity contribution is 1.27. The van der Waals surface area contributed by atoms with Gasteiger partial charge in [-0.05, 0) is 72.8 Å². The van der Waals surface area contributed by atoms with Gasteiger partial charge in [-0.25, -0.2) is 0 Å². The Labute approximate surface area is 172 Å². The number of aromatic amines is 6. The molecule has 6 aromatic heterocycles. The highest BCUT2D eigenvalue weighted by Crippen LogP contribution is 2.29. The van der Waals surface area contributed by atoms with Gasteiger partial charge in [0, 0.05) is 12.4 Å². The summed E-state index contributed by atoms with van der Waals surface area (Å²) in [6.45, 7) is 0. The van der Waals surface area contributed by atoms with Crippen LogP contribution in [0.4, 0.5) is 0 Å². The second-order valence-corrected chi connectivity index (χ2v) is 7.31. The molecule has 0 aliphatic rings. The van der Waals surface area contributed by atoms with Gasteiger partial charge in [0.2, 0.25) is 0 Å². The minimum Gasteiger partial charge on any atom is -0.360 e. The zero-order chi connectivity index (χ0) is 19.9. The van der Waals surface area contributed by atoms with Crippen molar-refractivity contribution in [2.75, 3.05) is 0 Å². The zero-order valence-corrected chi connectivity index (χ0v) is 16.1. The maximum atomic E-state index is 3.51. The first kappa shape index (κ1) is 16.6. The smallest absolute Gasteiger partial charge is 0.0624 e. The molecule has 6 N–H and O–H groups in total. The molecule has 0 radical (unpaired) electrons. The minimum absolute atomic E-state index is 1.04. The average Bonchev–Trinajstić information content (AvgIpc) is 3.62. The number of hydrogen-bond acceptors (Lipinski definition) is 0. The maximum absolute atomic E-state index is 3.51. The molecule has 0 saturated carbocycles. The van der Waals surface area contributed by atoms with E-state index in [9.17, 15) is 0 Å². The van der Waals surface area contributed by atoms with E-state index in [1.807, 2.05) is 24.5 Å². The lowest BCUT2D eigenvalue weighted by atomic mass is 10.3. The summed E-state index contributed by atoms with van der Waals surface area (Å²) in [6.07, 6.45) is 3.85. The Hall–Kier alpha value is -4.32. The first-order chi connectivity index (χ1) is 14.8. The van der Waals surface area contributed by atoms with Gasteiger partial charge in [0.15, 0.2) is 0 Å². The van der Waals surface area contributed by atoms with Gasteiger partial charge in [0.1, 0.15) is 0 Å². The van der Waals surface area contributed by atoms with Crippen LogP contribution in [0.5, 0.6) is 0 Å². The van der Waals surface area contributed by atoms with Gasteiger partial charge in [-0.15, -0.1) is 0 Å². The summed E-state index contributed by atoms with van der Waals surface area (Å²) in [5, 5.41) is 0. The number of aromatic nitrogens is 6. The van der Waals surface area contributed by atoms with Gasteiger partial charge in [-0.3, -0.25) is 0 Å². The Balaban J connectivity index is 1.26. The van der Waals surface area contributed by atoms with E-state index in [1.165, 1.54) is 0 Å². The molecule has 30 heavy (non-hydrogen) atoms. The predicted molar refractivity (Wildman–Crippen MR) is 120 cm³/mol. The van der Waals surface area contributed by atoms with Crippen molar-refractivity contribution < 1.29 is 0 Å². The standard InChI is InChI=1S/C24H20N6/c1-3-15(25-13-1)17-5-7-19(27-17)21-9-11-23(29-21)24-12-10-22(30-24)20-8-6-18(28-20)16-4-2-14-26-16/h1-14,25-30H. The van der Waals surface area contributed by atoms with Crippen LogP contribution >= 0.6 is 0 Å². The van der Waals surface area contributed by atoms with Crippen LogP contribution in [0.1, 0.15) is 0 Å². The molecule has 0 aromatic carbocycles. The van der Waals surface area contributed by atoms with Crippen LogP contribution < -0.4 is 0 Å². The van der Waals surface area contributed by atoms with Crippen molar-refractivity contribution in [2.45, 2.75) is 0 Å². The third kappa shape index (κ3) is 2.82. The van der Waals surface area contributed by atoms with E-state index in [4.69, 9.17) is 0 Å². The Morgan fingerprint density at radius 2 is 0.567 bits per heavy atom. The predicted octanol–water partition coefficient (Wildman–Crippen LogP) is 5.99. The molecule has 6 rings (SSSR count). The van der Waals surface area contributed by atoms with Crippen LogP contribution in [0.2, 0.25) is 0 Å². The van der Waals surface area contributed by atoms with Crippen molar-refractivity contribution in [1.82, 2.24) is 29.9 Å². The highest BCUT2D eigenvalue weighted by molar-refractivity contribution is 5.71. The summed E-state index contributed by atoms with van der Waals surface area (Å²) in [4.78, 5) is 20.4. The maximum Gasteiger partial charge on any atom is 0.0624 e. The van der Waals surface area contributed by atoms with Crippen molar-refractivity contribution in [2.24, 2.45) is 0 Å². The molecule has 0 spiro atoms. The lowest BCUT2D eigenvalue weighted by Gasteiger charge is -1.98. The number of nitrogens with one attached hydrogen (secondary N) is 6. The fourth-order valence-electron chi connectivity index (χ4n) is 3.83. The first-order valence-corrected chi connectivity index (χ1v) is 9.88. The fraction of sp³-hybridized carbons (Fsp3) is 0. The molecule has 0 amide bonds. The molecule has 0 fully saturated rings. The summed E-state index contributed by atoms with van der Waals surface area (Å²) in [6, 6.07) is 24.8. The molecule has 6 aromatic rings. The second kappa shape index (κ2) is 6.63. The van der Waals surface area contributed by atoms with Gasteiger partial charge in [0.05, 0.1) is 56.9 Å². The van der Waals surface area contributed by atoms with Crippen LogP contribution in [0.25, 0.3) is 56.9 Å². The molecule has 6 nitrogen and oxygen atoms in total. The molecule has 0 bridgehead atoms. The highest BCUT2D eigenvalue weighted by Gasteiger charge is 2.11. The van der Waals surface area contributed by atoms with Crippen molar-refractivity contribution in [3.05, 3.63) is 85.2 Å². The Morgan fingerprint density at radius 3 is 0.800 bits per heavy atom. The normalized spacial score (nSPS) is 11.3. The monoisotopic (exact) mass is 392 g/mol. The van der Waals surface area contributed by atoms with Gasteiger partial charge < -0.3 is 29.9 Å². The first-order valence-electron chi connectivity index (χ1n) is 9.88. The number of rotatable bonds is 5. The molecule has 146 valence electrons. The Kier molecular flexibility index (Phi) is 3.67. The van der Waals surface area contributed by atoms with E-state index in [1.54, 1.807) is 0 Å². The van der Waals surface area contributed by atoms with E-state index >= 15 is 0 Å². The summed E-state index contributed by atoms with van der Waals surface area (Å²) < 4.78 is 0. The zero-order valence-electron chi connectivity index (χ0n) is 16.1. The van der Waals surface area contributed by atoms with Crippen molar-refractivity contribution in [3.8, 4) is 56.9 Å². The van der Waals surface area contributed by atoms with Gasteiger partial charge >= 0.3 is 0 Å². The van der Waals surface area contributed by atoms with Gasteiger partial charge in [-0.1, -0.05) is 0 Å². The van der Waals surface area contributed by atoms with E-state index in [0.717, 1.165) is 56.9 Å². The van der Waals surface area contributed by atoms with E-state index < -0.39 is 0 Å². The Bertz CT molecular complexity index is 1280. The number of H-pyrrole nitrogens is 6. The third-order valence-corrected chi connectivity index (χ3v) is 5.39. The van der Waals surface area contributed by atoms with E-state index in [-0.39, 0.29) is 0 Å². The minimum atomic E-state index is 1.04. The molecular formula is C24H20N6. The SMILES string of the molecule is c1c[nH]c(-c2ccc(-c3ccc(-c4ccc(-c5ccc(-c6ccc[nH]6)[nH]5)[nH]4)[nH]3)[nH]2)c1. The fourth-order valence-corrected chi connectivity index (χ4v) is 3.83. The number of hydrogen-bond donors (Lipinski definition) is 6. The summed E-state index contributed by atoms with van der Waals surface area (Å²) in [5.74, 6) is 0. The van der Waals surface area contributed by atoms with Crippen LogP contribution in [0.3, 0.4) is 0 Å². The molecule has 0 atom stereocenters. The lowest BCUT2D eigenvalue weighted by Crippen LogP contribution is -1.83.